The highest BCUT2D eigenvalue weighted by molar-refractivity contribution is 7.17. The van der Waals surface area contributed by atoms with E-state index in [1.807, 2.05) is 36.4 Å². The van der Waals surface area contributed by atoms with Crippen molar-refractivity contribution in [3.63, 3.8) is 0 Å². The maximum atomic E-state index is 11.8. The number of thiophene rings is 1. The summed E-state index contributed by atoms with van der Waals surface area (Å²) in [6.07, 6.45) is 5.17. The number of Topliss-reactive ketones (excluding diaryl/α,β-unsaturated/α-hetero) is 1. The molecule has 6 aromatic rings. The molecule has 8 heteroatoms. The molecule has 160 valence electrons. The Hall–Kier alpha value is -4.30. The third-order valence-electron chi connectivity index (χ3n) is 5.65. The van der Waals surface area contributed by atoms with Gasteiger partial charge >= 0.3 is 0 Å². The molecule has 0 spiro atoms. The Labute approximate surface area is 192 Å². The molecule has 0 amide bonds. The predicted molar refractivity (Wildman–Crippen MR) is 132 cm³/mol. The van der Waals surface area contributed by atoms with E-state index in [9.17, 15) is 4.79 Å². The van der Waals surface area contributed by atoms with E-state index >= 15 is 0 Å². The van der Waals surface area contributed by atoms with Gasteiger partial charge in [-0.15, -0.1) is 11.3 Å². The molecule has 0 saturated heterocycles. The van der Waals surface area contributed by atoms with Crippen molar-refractivity contribution in [2.45, 2.75) is 6.92 Å². The van der Waals surface area contributed by atoms with Gasteiger partial charge in [-0.3, -0.25) is 14.9 Å². The molecule has 1 aromatic carbocycles. The van der Waals surface area contributed by atoms with Crippen LogP contribution in [0, 0.1) is 0 Å². The van der Waals surface area contributed by atoms with Gasteiger partial charge in [0.25, 0.3) is 0 Å². The van der Waals surface area contributed by atoms with Crippen molar-refractivity contribution in [2.24, 2.45) is 0 Å². The van der Waals surface area contributed by atoms with Crippen molar-refractivity contribution in [3.05, 3.63) is 72.0 Å². The second kappa shape index (κ2) is 7.39. The molecule has 7 nitrogen and oxygen atoms in total. The monoisotopic (exact) mass is 450 g/mol. The molecule has 0 bridgehead atoms. The van der Waals surface area contributed by atoms with Crippen LogP contribution in [0.25, 0.3) is 54.9 Å². The van der Waals surface area contributed by atoms with Crippen LogP contribution in [0.3, 0.4) is 0 Å². The maximum absolute atomic E-state index is 11.8. The highest BCUT2D eigenvalue weighted by Gasteiger charge is 2.16. The van der Waals surface area contributed by atoms with Gasteiger partial charge < -0.3 is 10.7 Å². The number of nitrogens with zero attached hydrogens (tertiary/aromatic N) is 3. The summed E-state index contributed by atoms with van der Waals surface area (Å²) in [6, 6.07) is 16.0. The van der Waals surface area contributed by atoms with Gasteiger partial charge in [0, 0.05) is 56.4 Å². The molecule has 0 aliphatic rings. The largest absolute Gasteiger partial charge is 0.397 e. The second-order valence-corrected chi connectivity index (χ2v) is 8.95. The Morgan fingerprint density at radius 1 is 1.00 bits per heavy atom. The number of benzene rings is 1. The first kappa shape index (κ1) is 19.4. The quantitative estimate of drug-likeness (QED) is 0.299. The number of nitrogens with two attached hydrogens (primary N) is 1. The van der Waals surface area contributed by atoms with Gasteiger partial charge in [-0.25, -0.2) is 4.98 Å². The summed E-state index contributed by atoms with van der Waals surface area (Å²) in [5, 5.41) is 9.54. The first-order valence-corrected chi connectivity index (χ1v) is 11.2. The third-order valence-corrected chi connectivity index (χ3v) is 6.87. The Morgan fingerprint density at radius 3 is 2.70 bits per heavy atom. The average Bonchev–Trinajstić information content (AvgIpc) is 3.55. The summed E-state index contributed by atoms with van der Waals surface area (Å²) < 4.78 is 0. The van der Waals surface area contributed by atoms with Crippen LogP contribution in [0.15, 0.2) is 67.1 Å². The van der Waals surface area contributed by atoms with Gasteiger partial charge in [0.2, 0.25) is 0 Å². The number of ketones is 1. The number of aromatic amines is 2. The van der Waals surface area contributed by atoms with Crippen molar-refractivity contribution in [1.29, 1.82) is 0 Å². The van der Waals surface area contributed by atoms with Crippen LogP contribution in [-0.2, 0) is 0 Å². The minimum Gasteiger partial charge on any atom is -0.397 e. The number of rotatable bonds is 4. The van der Waals surface area contributed by atoms with Crippen LogP contribution >= 0.6 is 11.3 Å². The first-order chi connectivity index (χ1) is 16.1. The summed E-state index contributed by atoms with van der Waals surface area (Å²) in [4.78, 5) is 25.8. The Morgan fingerprint density at radius 2 is 1.88 bits per heavy atom. The van der Waals surface area contributed by atoms with E-state index in [0.29, 0.717) is 11.3 Å². The Kier molecular flexibility index (Phi) is 4.34. The molecule has 0 fully saturated rings. The zero-order chi connectivity index (χ0) is 22.5. The highest BCUT2D eigenvalue weighted by atomic mass is 32.1. The van der Waals surface area contributed by atoms with Gasteiger partial charge in [0.05, 0.1) is 16.3 Å². The van der Waals surface area contributed by atoms with Crippen LogP contribution in [0.5, 0.6) is 0 Å². The zero-order valence-electron chi connectivity index (χ0n) is 17.6. The number of aromatic nitrogens is 5. The van der Waals surface area contributed by atoms with Crippen LogP contribution in [-0.4, -0.2) is 30.9 Å². The molecular weight excluding hydrogens is 432 g/mol. The van der Waals surface area contributed by atoms with Crippen LogP contribution < -0.4 is 5.73 Å². The molecule has 0 atom stereocenters. The van der Waals surface area contributed by atoms with Gasteiger partial charge in [-0.1, -0.05) is 12.1 Å². The van der Waals surface area contributed by atoms with E-state index in [0.717, 1.165) is 54.1 Å². The molecule has 5 aromatic heterocycles. The van der Waals surface area contributed by atoms with Crippen molar-refractivity contribution >= 4 is 44.7 Å². The lowest BCUT2D eigenvalue weighted by Crippen LogP contribution is -1.88. The normalized spacial score (nSPS) is 11.4. The first-order valence-electron chi connectivity index (χ1n) is 10.3. The van der Waals surface area contributed by atoms with Crippen LogP contribution in [0.4, 0.5) is 5.69 Å². The number of hydrogen-bond donors (Lipinski definition) is 3. The third kappa shape index (κ3) is 3.28. The number of carbonyl (C=O) groups excluding carboxylic acids is 1. The standard InChI is InChI=1S/C25H18N6OS/c1-13(32)22-5-6-23(33-22)17-3-2-4-20-18(17)9-21(29-20)24-19-8-15(11-28-25(19)31-30-24)14-7-16(26)12-27-10-14/h2-12,29H,26H2,1H3,(H,28,30,31). The molecule has 0 radical (unpaired) electrons. The number of anilines is 1. The minimum absolute atomic E-state index is 0.0786. The smallest absolute Gasteiger partial charge is 0.169 e. The number of H-pyrrole nitrogens is 2. The molecule has 0 aliphatic carbocycles. The molecule has 0 aliphatic heterocycles. The van der Waals surface area contributed by atoms with Gasteiger partial charge in [-0.2, -0.15) is 5.10 Å². The van der Waals surface area contributed by atoms with Crippen LogP contribution in [0.2, 0.25) is 0 Å². The number of carbonyl (C=O) groups is 1. The minimum atomic E-state index is 0.0786. The SMILES string of the molecule is CC(=O)c1ccc(-c2cccc3[nH]c(-c4n[nH]c5ncc(-c6cncc(N)c6)cc45)cc23)s1. The van der Waals surface area contributed by atoms with Crippen LogP contribution in [0.1, 0.15) is 16.6 Å². The lowest BCUT2D eigenvalue weighted by atomic mass is 10.1. The fraction of sp³-hybridized carbons (Fsp3) is 0.0400. The molecule has 6 rings (SSSR count). The summed E-state index contributed by atoms with van der Waals surface area (Å²) in [7, 11) is 0. The molecule has 33 heavy (non-hydrogen) atoms. The molecular formula is C25H18N6OS. The van der Waals surface area contributed by atoms with E-state index in [-0.39, 0.29) is 5.78 Å². The van der Waals surface area contributed by atoms with Gasteiger partial charge in [0.15, 0.2) is 11.4 Å². The van der Waals surface area contributed by atoms with Crippen molar-refractivity contribution < 1.29 is 4.79 Å². The van der Waals surface area contributed by atoms with E-state index in [4.69, 9.17) is 5.73 Å². The molecule has 5 heterocycles. The topological polar surface area (TPSA) is 113 Å². The summed E-state index contributed by atoms with van der Waals surface area (Å²) >= 11 is 1.51. The fourth-order valence-electron chi connectivity index (χ4n) is 4.05. The predicted octanol–water partition coefficient (Wildman–Crippen LogP) is 5.68. The zero-order valence-corrected chi connectivity index (χ0v) is 18.4. The van der Waals surface area contributed by atoms with E-state index in [1.165, 1.54) is 11.3 Å². The Balaban J connectivity index is 1.48. The lowest BCUT2D eigenvalue weighted by molar-refractivity contribution is 0.102. The number of hydrogen-bond acceptors (Lipinski definition) is 6. The summed E-state index contributed by atoms with van der Waals surface area (Å²) in [5.74, 6) is 0.0786. The highest BCUT2D eigenvalue weighted by Crippen LogP contribution is 2.37. The summed E-state index contributed by atoms with van der Waals surface area (Å²) in [6.45, 7) is 1.59. The number of pyridine rings is 2. The van der Waals surface area contributed by atoms with E-state index in [1.54, 1.807) is 25.5 Å². The number of nitrogens with one attached hydrogen (secondary N) is 2. The number of nitrogen functional groups attached to an aromatic ring is 1. The second-order valence-electron chi connectivity index (χ2n) is 7.87. The molecule has 4 N–H and O–H groups in total. The van der Waals surface area contributed by atoms with Crippen molar-refractivity contribution in [2.75, 3.05) is 5.73 Å². The number of fused-ring (bicyclic) bond motifs is 2. The van der Waals surface area contributed by atoms with Crippen molar-refractivity contribution in [1.82, 2.24) is 25.1 Å². The molecule has 0 unspecified atom stereocenters. The fourth-order valence-corrected chi connectivity index (χ4v) is 4.99. The van der Waals surface area contributed by atoms with Gasteiger partial charge in [0.1, 0.15) is 5.69 Å². The maximum Gasteiger partial charge on any atom is 0.169 e. The van der Waals surface area contributed by atoms with E-state index in [2.05, 4.69) is 37.3 Å². The van der Waals surface area contributed by atoms with E-state index < -0.39 is 0 Å². The van der Waals surface area contributed by atoms with Crippen molar-refractivity contribution in [3.8, 4) is 33.0 Å². The van der Waals surface area contributed by atoms with Gasteiger partial charge in [-0.05, 0) is 43.3 Å². The average molecular weight is 451 g/mol. The molecule has 0 saturated carbocycles. The summed E-state index contributed by atoms with van der Waals surface area (Å²) in [5.41, 5.74) is 12.8. The lowest BCUT2D eigenvalue weighted by Gasteiger charge is -2.02. The Bertz CT molecular complexity index is 1680.